The van der Waals surface area contributed by atoms with Crippen LogP contribution in [0.4, 0.5) is 24.0 Å². The highest BCUT2D eigenvalue weighted by molar-refractivity contribution is 7.13. The highest BCUT2D eigenvalue weighted by atomic mass is 32.1. The Bertz CT molecular complexity index is 1100. The minimum Gasteiger partial charge on any atom is -0.477 e. The van der Waals surface area contributed by atoms with Gasteiger partial charge in [-0.15, -0.1) is 11.3 Å². The monoisotopic (exact) mass is 451 g/mol. The van der Waals surface area contributed by atoms with Crippen molar-refractivity contribution in [2.75, 3.05) is 17.7 Å². The number of nitrogens with two attached hydrogens (primary N) is 1. The van der Waals surface area contributed by atoms with Crippen LogP contribution in [0.1, 0.15) is 32.0 Å². The van der Waals surface area contributed by atoms with Gasteiger partial charge in [-0.25, -0.2) is 9.97 Å². The van der Waals surface area contributed by atoms with Gasteiger partial charge in [0.05, 0.1) is 47.1 Å². The Morgan fingerprint density at radius 3 is 2.58 bits per heavy atom. The number of thiazole rings is 1. The number of hydrogen-bond donors (Lipinski definition) is 2. The highest BCUT2D eigenvalue weighted by Crippen LogP contribution is 2.38. The number of carbonyl (C=O) groups is 1. The van der Waals surface area contributed by atoms with E-state index in [9.17, 15) is 18.0 Å². The Hall–Kier alpha value is -3.21. The van der Waals surface area contributed by atoms with E-state index in [0.29, 0.717) is 12.3 Å². The van der Waals surface area contributed by atoms with E-state index in [1.165, 1.54) is 24.5 Å². The van der Waals surface area contributed by atoms with Crippen molar-refractivity contribution in [3.63, 3.8) is 0 Å². The normalized spacial score (nSPS) is 11.9. The molecular weight excluding hydrogens is 431 g/mol. The van der Waals surface area contributed by atoms with Crippen molar-refractivity contribution < 1.29 is 22.7 Å². The third-order valence-electron chi connectivity index (χ3n) is 4.50. The van der Waals surface area contributed by atoms with Crippen LogP contribution in [0.2, 0.25) is 0 Å². The first-order chi connectivity index (χ1) is 14.5. The molecule has 1 amide bonds. The fourth-order valence-electron chi connectivity index (χ4n) is 2.72. The molecule has 31 heavy (non-hydrogen) atoms. The molecule has 2 heterocycles. The number of alkyl halides is 3. The molecule has 3 rings (SSSR count). The van der Waals surface area contributed by atoms with Crippen molar-refractivity contribution in [2.45, 2.75) is 32.4 Å². The smallest absolute Gasteiger partial charge is 0.418 e. The SMILES string of the molecule is CCOc1cncc(-c2ccc(NC(=O)C(C)(C)c3csc(N)n3)c(C(F)(F)F)c2)n1. The van der Waals surface area contributed by atoms with Gasteiger partial charge in [-0.1, -0.05) is 6.07 Å². The minimum absolute atomic E-state index is 0.186. The van der Waals surface area contributed by atoms with Gasteiger partial charge in [0.15, 0.2) is 5.13 Å². The maximum Gasteiger partial charge on any atom is 0.418 e. The van der Waals surface area contributed by atoms with Crippen LogP contribution in [0.5, 0.6) is 5.88 Å². The molecule has 0 aliphatic rings. The number of benzene rings is 1. The summed E-state index contributed by atoms with van der Waals surface area (Å²) in [5, 5.41) is 4.25. The van der Waals surface area contributed by atoms with Gasteiger partial charge in [0, 0.05) is 10.9 Å². The molecule has 0 radical (unpaired) electrons. The summed E-state index contributed by atoms with van der Waals surface area (Å²) in [4.78, 5) is 25.0. The Kier molecular flexibility index (Phi) is 6.16. The van der Waals surface area contributed by atoms with E-state index in [2.05, 4.69) is 20.3 Å². The molecule has 0 saturated heterocycles. The molecule has 3 aromatic rings. The Balaban J connectivity index is 1.96. The van der Waals surface area contributed by atoms with E-state index in [1.54, 1.807) is 26.2 Å². The van der Waals surface area contributed by atoms with Gasteiger partial charge in [-0.3, -0.25) is 9.78 Å². The lowest BCUT2D eigenvalue weighted by molar-refractivity contribution is -0.137. The summed E-state index contributed by atoms with van der Waals surface area (Å²) in [5.74, 6) is -0.440. The summed E-state index contributed by atoms with van der Waals surface area (Å²) in [7, 11) is 0. The molecule has 0 unspecified atom stereocenters. The lowest BCUT2D eigenvalue weighted by Crippen LogP contribution is -2.35. The van der Waals surface area contributed by atoms with Gasteiger partial charge in [0.2, 0.25) is 11.8 Å². The molecule has 0 aliphatic heterocycles. The van der Waals surface area contributed by atoms with Crippen LogP contribution in [0.15, 0.2) is 36.0 Å². The zero-order valence-corrected chi connectivity index (χ0v) is 17.8. The number of carbonyl (C=O) groups excluding carboxylic acids is 1. The van der Waals surface area contributed by atoms with Crippen LogP contribution in [0.25, 0.3) is 11.3 Å². The summed E-state index contributed by atoms with van der Waals surface area (Å²) in [6.07, 6.45) is -2.00. The third-order valence-corrected chi connectivity index (χ3v) is 5.18. The summed E-state index contributed by atoms with van der Waals surface area (Å²) in [6.45, 7) is 5.23. The first-order valence-corrected chi connectivity index (χ1v) is 10.1. The van der Waals surface area contributed by atoms with Crippen molar-refractivity contribution in [1.82, 2.24) is 15.0 Å². The average Bonchev–Trinajstić information content (AvgIpc) is 3.15. The van der Waals surface area contributed by atoms with E-state index in [0.717, 1.165) is 17.4 Å². The number of ether oxygens (including phenoxy) is 1. The van der Waals surface area contributed by atoms with Crippen molar-refractivity contribution in [3.8, 4) is 17.1 Å². The second kappa shape index (κ2) is 8.50. The van der Waals surface area contributed by atoms with Crippen LogP contribution in [-0.4, -0.2) is 27.5 Å². The van der Waals surface area contributed by atoms with Crippen LogP contribution in [-0.2, 0) is 16.4 Å². The number of aromatic nitrogens is 3. The maximum atomic E-state index is 13.8. The summed E-state index contributed by atoms with van der Waals surface area (Å²) in [5.41, 5.74) is 3.83. The predicted octanol–water partition coefficient (Wildman–Crippen LogP) is 4.52. The zero-order valence-electron chi connectivity index (χ0n) is 16.9. The fraction of sp³-hybridized carbons (Fsp3) is 0.300. The molecule has 11 heteroatoms. The molecule has 0 fully saturated rings. The van der Waals surface area contributed by atoms with Crippen molar-refractivity contribution in [2.24, 2.45) is 0 Å². The number of amides is 1. The number of nitrogen functional groups attached to an aromatic ring is 1. The minimum atomic E-state index is -4.71. The number of rotatable bonds is 6. The van der Waals surface area contributed by atoms with Gasteiger partial charge in [-0.05, 0) is 32.9 Å². The molecular formula is C20H20F3N5O2S. The molecule has 164 valence electrons. The molecule has 0 spiro atoms. The average molecular weight is 451 g/mol. The first-order valence-electron chi connectivity index (χ1n) is 9.21. The van der Waals surface area contributed by atoms with Gasteiger partial charge in [-0.2, -0.15) is 13.2 Å². The van der Waals surface area contributed by atoms with Crippen LogP contribution in [0, 0.1) is 0 Å². The quantitative estimate of drug-likeness (QED) is 0.571. The molecule has 0 bridgehead atoms. The molecule has 1 aromatic carbocycles. The van der Waals surface area contributed by atoms with E-state index in [4.69, 9.17) is 10.5 Å². The number of nitrogens with zero attached hydrogens (tertiary/aromatic N) is 3. The molecule has 0 saturated carbocycles. The number of anilines is 2. The second-order valence-electron chi connectivity index (χ2n) is 7.08. The first kappa shape index (κ1) is 22.5. The van der Waals surface area contributed by atoms with Crippen LogP contribution >= 0.6 is 11.3 Å². The predicted molar refractivity (Wildman–Crippen MR) is 112 cm³/mol. The van der Waals surface area contributed by atoms with Gasteiger partial charge in [0.1, 0.15) is 0 Å². The molecule has 3 N–H and O–H groups in total. The maximum absolute atomic E-state index is 13.8. The van der Waals surface area contributed by atoms with E-state index < -0.39 is 23.1 Å². The van der Waals surface area contributed by atoms with Crippen molar-refractivity contribution >= 4 is 28.1 Å². The molecule has 2 aromatic heterocycles. The fourth-order valence-corrected chi connectivity index (χ4v) is 3.45. The van der Waals surface area contributed by atoms with Crippen molar-refractivity contribution in [1.29, 1.82) is 0 Å². The second-order valence-corrected chi connectivity index (χ2v) is 7.97. The van der Waals surface area contributed by atoms with Gasteiger partial charge in [0.25, 0.3) is 0 Å². The number of halogens is 3. The molecule has 0 aliphatic carbocycles. The highest BCUT2D eigenvalue weighted by Gasteiger charge is 2.37. The van der Waals surface area contributed by atoms with E-state index >= 15 is 0 Å². The number of nitrogens with one attached hydrogen (secondary N) is 1. The number of hydrogen-bond acceptors (Lipinski definition) is 7. The van der Waals surface area contributed by atoms with Crippen LogP contribution < -0.4 is 15.8 Å². The van der Waals surface area contributed by atoms with E-state index in [-0.39, 0.29) is 28.0 Å². The lowest BCUT2D eigenvalue weighted by Gasteiger charge is -2.23. The third kappa shape index (κ3) is 4.93. The van der Waals surface area contributed by atoms with Gasteiger partial charge >= 0.3 is 6.18 Å². The Morgan fingerprint density at radius 2 is 1.97 bits per heavy atom. The topological polar surface area (TPSA) is 103 Å². The van der Waals surface area contributed by atoms with E-state index in [1.807, 2.05) is 0 Å². The van der Waals surface area contributed by atoms with Crippen molar-refractivity contribution in [3.05, 3.63) is 47.2 Å². The Labute approximate surface area is 180 Å². The van der Waals surface area contributed by atoms with Gasteiger partial charge < -0.3 is 15.8 Å². The molecule has 7 nitrogen and oxygen atoms in total. The summed E-state index contributed by atoms with van der Waals surface area (Å²) >= 11 is 1.15. The molecule has 0 atom stereocenters. The Morgan fingerprint density at radius 1 is 1.23 bits per heavy atom. The largest absolute Gasteiger partial charge is 0.477 e. The lowest BCUT2D eigenvalue weighted by atomic mass is 9.88. The van der Waals surface area contributed by atoms with Crippen LogP contribution in [0.3, 0.4) is 0 Å². The summed E-state index contributed by atoms with van der Waals surface area (Å²) < 4.78 is 46.6. The summed E-state index contributed by atoms with van der Waals surface area (Å²) in [6, 6.07) is 3.54. The standard InChI is InChI=1S/C20H20F3N5O2S/c1-4-30-16-9-25-8-14(26-16)11-5-6-13(12(7-11)20(21,22)23)27-17(29)19(2,3)15-10-31-18(24)28-15/h5-10H,4H2,1-3H3,(H2,24,28)(H,27,29). The zero-order chi connectivity index (χ0) is 22.8.